The van der Waals surface area contributed by atoms with Gasteiger partial charge in [0, 0.05) is 13.2 Å². The molecule has 0 bridgehead atoms. The zero-order chi connectivity index (χ0) is 23.3. The second-order valence-corrected chi connectivity index (χ2v) is 9.18. The lowest BCUT2D eigenvalue weighted by Crippen LogP contribution is -2.51. The maximum Gasteiger partial charge on any atom is 0.276 e. The molecule has 2 heterocycles. The van der Waals surface area contributed by atoms with E-state index in [1.165, 1.54) is 20.9 Å². The first-order valence-electron chi connectivity index (χ1n) is 8.88. The molecule has 3 rings (SSSR count). The number of nitrogens with one attached hydrogen (secondary N) is 2. The molecule has 1 amide bonds. The zero-order valence-corrected chi connectivity index (χ0v) is 17.4. The monoisotopic (exact) mass is 465 g/mol. The van der Waals surface area contributed by atoms with Crippen LogP contribution in [0.2, 0.25) is 0 Å². The van der Waals surface area contributed by atoms with E-state index in [1.807, 2.05) is 5.32 Å². The largest absolute Gasteiger partial charge is 0.488 e. The van der Waals surface area contributed by atoms with Gasteiger partial charge in [-0.2, -0.15) is 0 Å². The molecular formula is C18H19F4N3O5S. The van der Waals surface area contributed by atoms with Crippen LogP contribution in [0.5, 0.6) is 5.75 Å². The maximum absolute atomic E-state index is 14.3. The number of fused-ring (bicyclic) bond motifs is 1. The molecular weight excluding hydrogens is 446 g/mol. The van der Waals surface area contributed by atoms with E-state index in [2.05, 4.69) is 4.72 Å². The van der Waals surface area contributed by atoms with Crippen molar-refractivity contribution in [1.82, 2.24) is 9.29 Å². The second-order valence-electron chi connectivity index (χ2n) is 7.50. The number of amides is 1. The Morgan fingerprint density at radius 1 is 1.35 bits per heavy atom. The van der Waals surface area contributed by atoms with Crippen LogP contribution < -0.4 is 14.8 Å². The van der Waals surface area contributed by atoms with Crippen LogP contribution in [0, 0.1) is 11.6 Å². The minimum absolute atomic E-state index is 0.333. The van der Waals surface area contributed by atoms with Gasteiger partial charge < -0.3 is 19.7 Å². The Morgan fingerprint density at radius 2 is 2.00 bits per heavy atom. The molecule has 0 radical (unpaired) electrons. The molecule has 170 valence electrons. The summed E-state index contributed by atoms with van der Waals surface area (Å²) in [6.45, 7) is 2.40. The number of anilines is 1. The number of hydrogen-bond donors (Lipinski definition) is 3. The van der Waals surface area contributed by atoms with Crippen LogP contribution in [0.3, 0.4) is 0 Å². The molecule has 0 aliphatic carbocycles. The first-order chi connectivity index (χ1) is 14.2. The molecule has 3 N–H and O–H groups in total. The summed E-state index contributed by atoms with van der Waals surface area (Å²) in [7, 11) is -2.89. The molecule has 0 spiro atoms. The van der Waals surface area contributed by atoms with Crippen molar-refractivity contribution in [2.24, 2.45) is 7.05 Å². The Hall–Kier alpha value is -2.64. The number of ether oxygens (including phenoxy) is 1. The number of sulfonamides is 1. The minimum atomic E-state index is -4.21. The Labute approximate surface area is 174 Å². The van der Waals surface area contributed by atoms with Crippen LogP contribution in [-0.4, -0.2) is 42.2 Å². The van der Waals surface area contributed by atoms with E-state index in [-0.39, 0.29) is 18.1 Å². The van der Waals surface area contributed by atoms with E-state index in [0.717, 1.165) is 16.8 Å². The molecule has 1 aliphatic heterocycles. The van der Waals surface area contributed by atoms with Crippen LogP contribution in [0.25, 0.3) is 0 Å². The fourth-order valence-electron chi connectivity index (χ4n) is 3.02. The number of rotatable bonds is 4. The van der Waals surface area contributed by atoms with Gasteiger partial charge in [0.2, 0.25) is 10.0 Å². The number of carbonyl (C=O) groups is 1. The van der Waals surface area contributed by atoms with E-state index in [4.69, 9.17) is 4.74 Å². The van der Waals surface area contributed by atoms with Crippen molar-refractivity contribution in [2.45, 2.75) is 36.8 Å². The quantitative estimate of drug-likeness (QED) is 0.601. The number of aromatic nitrogens is 1. The minimum Gasteiger partial charge on any atom is -0.488 e. The van der Waals surface area contributed by atoms with Crippen molar-refractivity contribution in [2.75, 3.05) is 11.9 Å². The van der Waals surface area contributed by atoms with Crippen LogP contribution in [0.4, 0.5) is 23.2 Å². The topological polar surface area (TPSA) is 110 Å². The van der Waals surface area contributed by atoms with E-state index in [9.17, 15) is 35.9 Å². The van der Waals surface area contributed by atoms with Gasteiger partial charge in [-0.15, -0.1) is 0 Å². The number of carbonyl (C=O) groups excluding carboxylic acids is 1. The third-order valence-electron chi connectivity index (χ3n) is 4.74. The van der Waals surface area contributed by atoms with E-state index < -0.39 is 61.8 Å². The molecule has 8 nitrogen and oxygen atoms in total. The van der Waals surface area contributed by atoms with Crippen molar-refractivity contribution in [1.29, 1.82) is 0 Å². The summed E-state index contributed by atoms with van der Waals surface area (Å²) in [6.07, 6.45) is -2.38. The van der Waals surface area contributed by atoms with Crippen LogP contribution in [-0.2, 0) is 17.1 Å². The Morgan fingerprint density at radius 3 is 2.58 bits per heavy atom. The van der Waals surface area contributed by atoms with Crippen LogP contribution in [0.15, 0.2) is 23.2 Å². The first kappa shape index (κ1) is 23.0. The highest BCUT2D eigenvalue weighted by Crippen LogP contribution is 2.35. The Balaban J connectivity index is 2.01. The van der Waals surface area contributed by atoms with Crippen molar-refractivity contribution >= 4 is 21.6 Å². The maximum atomic E-state index is 14.3. The van der Waals surface area contributed by atoms with Crippen molar-refractivity contribution in [3.8, 4) is 5.75 Å². The third kappa shape index (κ3) is 4.25. The van der Waals surface area contributed by atoms with E-state index in [1.54, 1.807) is 0 Å². The SMILES string of the molecule is Cn1cc2c(c1C(=O)Nc1ccc(F)c(C(F)F)c1F)OCC(C(C)(C)O)NS2(=O)=O. The van der Waals surface area contributed by atoms with Gasteiger partial charge >= 0.3 is 0 Å². The van der Waals surface area contributed by atoms with Crippen LogP contribution in [0.1, 0.15) is 36.3 Å². The molecule has 0 fully saturated rings. The molecule has 1 unspecified atom stereocenters. The molecule has 13 heteroatoms. The van der Waals surface area contributed by atoms with Crippen molar-refractivity contribution in [3.05, 3.63) is 41.2 Å². The summed E-state index contributed by atoms with van der Waals surface area (Å²) in [6, 6.07) is 0.290. The summed E-state index contributed by atoms with van der Waals surface area (Å²) in [5.41, 5.74) is -4.07. The lowest BCUT2D eigenvalue weighted by molar-refractivity contribution is 0.0288. The predicted molar refractivity (Wildman–Crippen MR) is 101 cm³/mol. The van der Waals surface area contributed by atoms with E-state index in [0.29, 0.717) is 6.07 Å². The van der Waals surface area contributed by atoms with Gasteiger partial charge in [-0.05, 0) is 26.0 Å². The highest BCUT2D eigenvalue weighted by Gasteiger charge is 2.39. The molecule has 1 atom stereocenters. The van der Waals surface area contributed by atoms with E-state index >= 15 is 0 Å². The number of nitrogens with zero attached hydrogens (tertiary/aromatic N) is 1. The molecule has 2 aromatic rings. The number of benzene rings is 1. The van der Waals surface area contributed by atoms with Gasteiger partial charge in [0.15, 0.2) is 17.3 Å². The summed E-state index contributed by atoms with van der Waals surface area (Å²) < 4.78 is 87.8. The second kappa shape index (κ2) is 7.80. The molecule has 1 aliphatic rings. The van der Waals surface area contributed by atoms with Gasteiger partial charge in [-0.3, -0.25) is 4.79 Å². The molecule has 0 saturated heterocycles. The fourth-order valence-corrected chi connectivity index (χ4v) is 4.57. The Bertz CT molecular complexity index is 1140. The zero-order valence-electron chi connectivity index (χ0n) is 16.5. The first-order valence-corrected chi connectivity index (χ1v) is 10.4. The lowest BCUT2D eigenvalue weighted by atomic mass is 10.0. The van der Waals surface area contributed by atoms with Crippen LogP contribution >= 0.6 is 0 Å². The molecule has 1 aromatic heterocycles. The van der Waals surface area contributed by atoms with Crippen molar-refractivity contribution < 1.29 is 40.6 Å². The van der Waals surface area contributed by atoms with Gasteiger partial charge in [0.05, 0.1) is 22.9 Å². The summed E-state index contributed by atoms with van der Waals surface area (Å²) in [4.78, 5) is 12.4. The highest BCUT2D eigenvalue weighted by molar-refractivity contribution is 7.89. The molecule has 0 saturated carbocycles. The standard InChI is InChI=1S/C18H19F4N3O5S/c1-18(2,27)11-7-30-15-10(31(28,29)24-11)6-25(3)14(15)17(26)23-9-5-4-8(19)12(13(9)20)16(21)22/h4-6,11,16,24,27H,7H2,1-3H3,(H,23,26). The molecule has 1 aromatic carbocycles. The van der Waals surface area contributed by atoms with Gasteiger partial charge in [0.25, 0.3) is 12.3 Å². The van der Waals surface area contributed by atoms with Crippen molar-refractivity contribution in [3.63, 3.8) is 0 Å². The average Bonchev–Trinajstić information content (AvgIpc) is 2.90. The number of halogens is 4. The summed E-state index contributed by atoms with van der Waals surface area (Å²) in [5.74, 6) is -4.57. The predicted octanol–water partition coefficient (Wildman–Crippen LogP) is 2.30. The third-order valence-corrected chi connectivity index (χ3v) is 6.21. The lowest BCUT2D eigenvalue weighted by Gasteiger charge is -2.27. The smallest absolute Gasteiger partial charge is 0.276 e. The number of aryl methyl sites for hydroxylation is 1. The fraction of sp³-hybridized carbons (Fsp3) is 0.389. The van der Waals surface area contributed by atoms with Gasteiger partial charge in [0.1, 0.15) is 17.3 Å². The number of alkyl halides is 2. The summed E-state index contributed by atoms with van der Waals surface area (Å²) in [5, 5.41) is 12.2. The normalized spacial score (nSPS) is 18.3. The van der Waals surface area contributed by atoms with Gasteiger partial charge in [-0.25, -0.2) is 30.7 Å². The highest BCUT2D eigenvalue weighted by atomic mass is 32.2. The molecule has 31 heavy (non-hydrogen) atoms. The average molecular weight is 465 g/mol. The number of aliphatic hydroxyl groups is 1. The summed E-state index contributed by atoms with van der Waals surface area (Å²) >= 11 is 0. The number of hydrogen-bond acceptors (Lipinski definition) is 5. The van der Waals surface area contributed by atoms with Gasteiger partial charge in [-0.1, -0.05) is 0 Å². The Kier molecular flexibility index (Phi) is 5.80.